The van der Waals surface area contributed by atoms with Gasteiger partial charge in [-0.15, -0.1) is 0 Å². The van der Waals surface area contributed by atoms with Gasteiger partial charge < -0.3 is 10.0 Å². The molecule has 0 bridgehead atoms. The summed E-state index contributed by atoms with van der Waals surface area (Å²) < 4.78 is 0. The van der Waals surface area contributed by atoms with Crippen LogP contribution in [0.4, 0.5) is 0 Å². The molecule has 2 rings (SSSR count). The predicted molar refractivity (Wildman–Crippen MR) is 80.9 cm³/mol. The van der Waals surface area contributed by atoms with E-state index in [0.717, 1.165) is 19.4 Å². The lowest BCUT2D eigenvalue weighted by molar-refractivity contribution is -0.144. The third-order valence-electron chi connectivity index (χ3n) is 5.21. The van der Waals surface area contributed by atoms with Crippen molar-refractivity contribution in [1.29, 1.82) is 0 Å². The van der Waals surface area contributed by atoms with E-state index >= 15 is 0 Å². The summed E-state index contributed by atoms with van der Waals surface area (Å²) in [5, 5.41) is 9.17. The molecule has 20 heavy (non-hydrogen) atoms. The molecule has 0 spiro atoms. The summed E-state index contributed by atoms with van der Waals surface area (Å²) in [6.07, 6.45) is 5.42. The summed E-state index contributed by atoms with van der Waals surface area (Å²) in [6.45, 7) is 10.1. The maximum Gasteiger partial charge on any atom is 0.306 e. The summed E-state index contributed by atoms with van der Waals surface area (Å²) in [6, 6.07) is 1.72. The van der Waals surface area contributed by atoms with E-state index in [4.69, 9.17) is 5.11 Å². The molecule has 3 atom stereocenters. The van der Waals surface area contributed by atoms with E-state index in [9.17, 15) is 4.79 Å². The Labute approximate surface area is 123 Å². The summed E-state index contributed by atoms with van der Waals surface area (Å²) in [5.41, 5.74) is 0. The Morgan fingerprint density at radius 3 is 2.50 bits per heavy atom. The van der Waals surface area contributed by atoms with Gasteiger partial charge in [-0.1, -0.05) is 0 Å². The second-order valence-corrected chi connectivity index (χ2v) is 6.86. The van der Waals surface area contributed by atoms with Gasteiger partial charge in [0.25, 0.3) is 0 Å². The molecule has 2 aliphatic heterocycles. The number of carboxylic acids is 1. The van der Waals surface area contributed by atoms with E-state index < -0.39 is 5.97 Å². The van der Waals surface area contributed by atoms with Crippen LogP contribution in [0.5, 0.6) is 0 Å². The van der Waals surface area contributed by atoms with Crippen molar-refractivity contribution in [3.05, 3.63) is 0 Å². The molecule has 1 N–H and O–H groups in total. The highest BCUT2D eigenvalue weighted by atomic mass is 16.4. The number of hydrogen-bond acceptors (Lipinski definition) is 3. The Balaban J connectivity index is 1.90. The molecular formula is C16H30N2O2. The second kappa shape index (κ2) is 6.90. The van der Waals surface area contributed by atoms with Crippen molar-refractivity contribution in [2.75, 3.05) is 19.6 Å². The van der Waals surface area contributed by atoms with Crippen LogP contribution in [0.1, 0.15) is 52.9 Å². The molecule has 0 amide bonds. The number of rotatable bonds is 3. The largest absolute Gasteiger partial charge is 0.481 e. The summed E-state index contributed by atoms with van der Waals surface area (Å²) in [5.74, 6) is -0.734. The van der Waals surface area contributed by atoms with Crippen LogP contribution < -0.4 is 0 Å². The van der Waals surface area contributed by atoms with Crippen molar-refractivity contribution in [2.45, 2.75) is 71.0 Å². The van der Waals surface area contributed by atoms with Crippen LogP contribution in [0.2, 0.25) is 0 Å². The SMILES string of the molecule is CC(C)N1CCCC(N2CCC(C(=O)O)CC2C)CC1. The predicted octanol–water partition coefficient (Wildman–Crippen LogP) is 2.43. The molecule has 0 saturated carbocycles. The van der Waals surface area contributed by atoms with Gasteiger partial charge >= 0.3 is 5.97 Å². The van der Waals surface area contributed by atoms with Crippen molar-refractivity contribution in [3.63, 3.8) is 0 Å². The Bertz CT molecular complexity index is 332. The molecule has 0 aromatic carbocycles. The lowest BCUT2D eigenvalue weighted by Gasteiger charge is -2.41. The normalized spacial score (nSPS) is 34.1. The number of hydrogen-bond donors (Lipinski definition) is 1. The van der Waals surface area contributed by atoms with Crippen molar-refractivity contribution >= 4 is 5.97 Å². The Morgan fingerprint density at radius 2 is 1.90 bits per heavy atom. The maximum atomic E-state index is 11.1. The minimum absolute atomic E-state index is 0.126. The fraction of sp³-hybridized carbons (Fsp3) is 0.938. The van der Waals surface area contributed by atoms with E-state index in [1.807, 2.05) is 0 Å². The van der Waals surface area contributed by atoms with E-state index in [1.165, 1.54) is 32.4 Å². The number of carbonyl (C=O) groups is 1. The number of aliphatic carboxylic acids is 1. The first-order valence-electron chi connectivity index (χ1n) is 8.21. The Kier molecular flexibility index (Phi) is 5.44. The highest BCUT2D eigenvalue weighted by Gasteiger charge is 2.34. The highest BCUT2D eigenvalue weighted by molar-refractivity contribution is 5.70. The van der Waals surface area contributed by atoms with Crippen LogP contribution in [0.25, 0.3) is 0 Å². The van der Waals surface area contributed by atoms with Crippen LogP contribution in [-0.4, -0.2) is 58.6 Å². The van der Waals surface area contributed by atoms with Gasteiger partial charge in [0.05, 0.1) is 5.92 Å². The minimum atomic E-state index is -0.608. The zero-order valence-electron chi connectivity index (χ0n) is 13.2. The number of carboxylic acid groups (broad SMARTS) is 1. The number of likely N-dealkylation sites (tertiary alicyclic amines) is 2. The van der Waals surface area contributed by atoms with Crippen LogP contribution in [0, 0.1) is 5.92 Å². The first-order chi connectivity index (χ1) is 9.49. The molecular weight excluding hydrogens is 252 g/mol. The third kappa shape index (κ3) is 3.73. The van der Waals surface area contributed by atoms with Gasteiger partial charge in [-0.2, -0.15) is 0 Å². The van der Waals surface area contributed by atoms with Crippen LogP contribution >= 0.6 is 0 Å². The average molecular weight is 282 g/mol. The lowest BCUT2D eigenvalue weighted by Crippen LogP contribution is -2.48. The van der Waals surface area contributed by atoms with Crippen molar-refractivity contribution in [2.24, 2.45) is 5.92 Å². The first kappa shape index (κ1) is 15.8. The van der Waals surface area contributed by atoms with Gasteiger partial charge in [0, 0.05) is 18.1 Å². The molecule has 116 valence electrons. The topological polar surface area (TPSA) is 43.8 Å². The van der Waals surface area contributed by atoms with Crippen LogP contribution in [0.15, 0.2) is 0 Å². The average Bonchev–Trinajstić information content (AvgIpc) is 2.64. The summed E-state index contributed by atoms with van der Waals surface area (Å²) >= 11 is 0. The fourth-order valence-electron chi connectivity index (χ4n) is 3.91. The Hall–Kier alpha value is -0.610. The van der Waals surface area contributed by atoms with Crippen molar-refractivity contribution in [3.8, 4) is 0 Å². The van der Waals surface area contributed by atoms with E-state index in [1.54, 1.807) is 0 Å². The molecule has 2 saturated heterocycles. The third-order valence-corrected chi connectivity index (χ3v) is 5.21. The molecule has 4 heteroatoms. The molecule has 0 radical (unpaired) electrons. The second-order valence-electron chi connectivity index (χ2n) is 6.86. The van der Waals surface area contributed by atoms with Gasteiger partial charge in [0.2, 0.25) is 0 Å². The maximum absolute atomic E-state index is 11.1. The zero-order chi connectivity index (χ0) is 14.7. The van der Waals surface area contributed by atoms with Gasteiger partial charge in [0.15, 0.2) is 0 Å². The molecule has 3 unspecified atom stereocenters. The fourth-order valence-corrected chi connectivity index (χ4v) is 3.91. The van der Waals surface area contributed by atoms with E-state index in [0.29, 0.717) is 18.1 Å². The van der Waals surface area contributed by atoms with E-state index in [-0.39, 0.29) is 5.92 Å². The van der Waals surface area contributed by atoms with Crippen LogP contribution in [0.3, 0.4) is 0 Å². The van der Waals surface area contributed by atoms with Gasteiger partial charge in [0.1, 0.15) is 0 Å². The minimum Gasteiger partial charge on any atom is -0.481 e. The number of piperidine rings is 1. The summed E-state index contributed by atoms with van der Waals surface area (Å²) in [4.78, 5) is 16.3. The first-order valence-corrected chi connectivity index (χ1v) is 8.21. The standard InChI is InChI=1S/C16H30N2O2/c1-12(2)17-8-4-5-15(7-9-17)18-10-6-14(16(19)20)11-13(18)3/h12-15H,4-11H2,1-3H3,(H,19,20). The van der Waals surface area contributed by atoms with Gasteiger partial charge in [-0.25, -0.2) is 0 Å². The molecule has 0 aromatic heterocycles. The van der Waals surface area contributed by atoms with Gasteiger partial charge in [-0.05, 0) is 72.5 Å². The highest BCUT2D eigenvalue weighted by Crippen LogP contribution is 2.28. The molecule has 2 heterocycles. The van der Waals surface area contributed by atoms with Crippen molar-refractivity contribution in [1.82, 2.24) is 9.80 Å². The van der Waals surface area contributed by atoms with Crippen molar-refractivity contribution < 1.29 is 9.90 Å². The van der Waals surface area contributed by atoms with Gasteiger partial charge in [-0.3, -0.25) is 9.69 Å². The molecule has 2 fully saturated rings. The molecule has 2 aliphatic rings. The smallest absolute Gasteiger partial charge is 0.306 e. The lowest BCUT2D eigenvalue weighted by atomic mass is 9.89. The molecule has 4 nitrogen and oxygen atoms in total. The molecule has 0 aliphatic carbocycles. The monoisotopic (exact) mass is 282 g/mol. The molecule has 0 aromatic rings. The Morgan fingerprint density at radius 1 is 1.15 bits per heavy atom. The van der Waals surface area contributed by atoms with E-state index in [2.05, 4.69) is 30.6 Å². The zero-order valence-corrected chi connectivity index (χ0v) is 13.2. The quantitative estimate of drug-likeness (QED) is 0.863. The number of nitrogens with zero attached hydrogens (tertiary/aromatic N) is 2. The summed E-state index contributed by atoms with van der Waals surface area (Å²) in [7, 11) is 0. The van der Waals surface area contributed by atoms with Crippen LogP contribution in [-0.2, 0) is 4.79 Å².